The fraction of sp³-hybridized carbons (Fsp3) is 0.375. The van der Waals surface area contributed by atoms with E-state index in [1.807, 2.05) is 18.2 Å². The van der Waals surface area contributed by atoms with Crippen LogP contribution in [0.3, 0.4) is 0 Å². The number of nitriles is 1. The normalized spacial score (nSPS) is 11.1. The molecule has 0 radical (unpaired) electrons. The highest BCUT2D eigenvalue weighted by atomic mass is 35.5. The van der Waals surface area contributed by atoms with Crippen molar-refractivity contribution in [1.82, 2.24) is 10.6 Å². The van der Waals surface area contributed by atoms with E-state index in [1.165, 1.54) is 6.20 Å². The summed E-state index contributed by atoms with van der Waals surface area (Å²) in [6, 6.07) is 9.09. The average Bonchev–Trinajstić information content (AvgIpc) is 2.46. The Morgan fingerprint density at radius 1 is 1.38 bits per heavy atom. The number of rotatable bonds is 7. The molecule has 1 aromatic rings. The van der Waals surface area contributed by atoms with Crippen molar-refractivity contribution in [2.45, 2.75) is 26.8 Å². The number of halogens is 1. The molecule has 2 N–H and O–H groups in total. The van der Waals surface area contributed by atoms with Crippen LogP contribution >= 0.6 is 11.6 Å². The third-order valence-corrected chi connectivity index (χ3v) is 3.10. The predicted molar refractivity (Wildman–Crippen MR) is 84.5 cm³/mol. The largest absolute Gasteiger partial charge is 0.390 e. The predicted octanol–water partition coefficient (Wildman–Crippen LogP) is 3.00. The first kappa shape index (κ1) is 17.1. The van der Waals surface area contributed by atoms with Gasteiger partial charge in [0.05, 0.1) is 0 Å². The standard InChI is InChI=1S/C16H20ClN3O/c1-12(2)7-8-19-11-14(9-18)16(21)20-10-13-3-5-15(17)6-4-13/h3-6,11-12,19H,7-8,10H2,1-2H3,(H,20,21)/b14-11-. The second-order valence-corrected chi connectivity index (χ2v) is 5.55. The van der Waals surface area contributed by atoms with Gasteiger partial charge in [0.2, 0.25) is 0 Å². The van der Waals surface area contributed by atoms with Gasteiger partial charge in [0, 0.05) is 24.3 Å². The molecular weight excluding hydrogens is 286 g/mol. The van der Waals surface area contributed by atoms with E-state index in [9.17, 15) is 4.79 Å². The summed E-state index contributed by atoms with van der Waals surface area (Å²) >= 11 is 5.79. The number of benzene rings is 1. The number of hydrogen-bond donors (Lipinski definition) is 2. The van der Waals surface area contributed by atoms with E-state index < -0.39 is 0 Å². The summed E-state index contributed by atoms with van der Waals surface area (Å²) < 4.78 is 0. The number of nitrogens with one attached hydrogen (secondary N) is 2. The van der Waals surface area contributed by atoms with E-state index in [4.69, 9.17) is 16.9 Å². The lowest BCUT2D eigenvalue weighted by atomic mass is 10.1. The van der Waals surface area contributed by atoms with Gasteiger partial charge in [0.15, 0.2) is 0 Å². The van der Waals surface area contributed by atoms with E-state index in [0.29, 0.717) is 17.5 Å². The lowest BCUT2D eigenvalue weighted by molar-refractivity contribution is -0.117. The minimum absolute atomic E-state index is 0.0766. The fourth-order valence-corrected chi connectivity index (χ4v) is 1.70. The third-order valence-electron chi connectivity index (χ3n) is 2.84. The topological polar surface area (TPSA) is 64.9 Å². The lowest BCUT2D eigenvalue weighted by Crippen LogP contribution is -2.25. The zero-order valence-corrected chi connectivity index (χ0v) is 13.1. The van der Waals surface area contributed by atoms with Crippen LogP contribution in [0.25, 0.3) is 0 Å². The molecule has 0 spiro atoms. The van der Waals surface area contributed by atoms with Crippen molar-refractivity contribution in [1.29, 1.82) is 5.26 Å². The average molecular weight is 306 g/mol. The molecule has 0 bridgehead atoms. The second kappa shape index (κ2) is 9.04. The molecule has 0 saturated heterocycles. The van der Waals surface area contributed by atoms with Gasteiger partial charge in [-0.1, -0.05) is 37.6 Å². The first-order chi connectivity index (χ1) is 10.0. The van der Waals surface area contributed by atoms with Crippen LogP contribution in [-0.4, -0.2) is 12.5 Å². The SMILES string of the molecule is CC(C)CCN/C=C(/C#N)C(=O)NCc1ccc(Cl)cc1. The third kappa shape index (κ3) is 6.82. The second-order valence-electron chi connectivity index (χ2n) is 5.12. The van der Waals surface area contributed by atoms with Crippen LogP contribution in [0.4, 0.5) is 0 Å². The first-order valence-corrected chi connectivity index (χ1v) is 7.27. The maximum atomic E-state index is 11.9. The maximum Gasteiger partial charge on any atom is 0.263 e. The number of carbonyl (C=O) groups is 1. The van der Waals surface area contributed by atoms with Crippen LogP contribution in [0.1, 0.15) is 25.8 Å². The van der Waals surface area contributed by atoms with E-state index in [0.717, 1.165) is 18.5 Å². The molecule has 112 valence electrons. The minimum atomic E-state index is -0.385. The molecule has 0 unspecified atom stereocenters. The molecule has 1 amide bonds. The van der Waals surface area contributed by atoms with Gasteiger partial charge in [0.25, 0.3) is 5.91 Å². The molecular formula is C16H20ClN3O. The Labute approximate surface area is 130 Å². The van der Waals surface area contributed by atoms with Gasteiger partial charge in [-0.05, 0) is 30.0 Å². The number of hydrogen-bond acceptors (Lipinski definition) is 3. The van der Waals surface area contributed by atoms with Crippen molar-refractivity contribution in [3.63, 3.8) is 0 Å². The molecule has 5 heteroatoms. The Morgan fingerprint density at radius 2 is 2.05 bits per heavy atom. The van der Waals surface area contributed by atoms with E-state index in [1.54, 1.807) is 12.1 Å². The van der Waals surface area contributed by atoms with Crippen LogP contribution in [0.5, 0.6) is 0 Å². The summed E-state index contributed by atoms with van der Waals surface area (Å²) in [4.78, 5) is 11.9. The molecule has 1 rings (SSSR count). The van der Waals surface area contributed by atoms with Gasteiger partial charge < -0.3 is 10.6 Å². The molecule has 0 aromatic heterocycles. The highest BCUT2D eigenvalue weighted by molar-refractivity contribution is 6.30. The fourth-order valence-electron chi connectivity index (χ4n) is 1.57. The summed E-state index contributed by atoms with van der Waals surface area (Å²) in [6.45, 7) is 5.35. The van der Waals surface area contributed by atoms with Crippen molar-refractivity contribution >= 4 is 17.5 Å². The summed E-state index contributed by atoms with van der Waals surface area (Å²) in [5.41, 5.74) is 1.01. The van der Waals surface area contributed by atoms with Crippen LogP contribution in [0, 0.1) is 17.2 Å². The molecule has 0 atom stereocenters. The lowest BCUT2D eigenvalue weighted by Gasteiger charge is -2.06. The highest BCUT2D eigenvalue weighted by Gasteiger charge is 2.08. The quantitative estimate of drug-likeness (QED) is 0.462. The van der Waals surface area contributed by atoms with Crippen LogP contribution in [-0.2, 0) is 11.3 Å². The molecule has 0 fully saturated rings. The zero-order valence-electron chi connectivity index (χ0n) is 12.3. The summed E-state index contributed by atoms with van der Waals surface area (Å²) in [5, 5.41) is 15.3. The minimum Gasteiger partial charge on any atom is -0.390 e. The molecule has 0 aliphatic heterocycles. The summed E-state index contributed by atoms with van der Waals surface area (Å²) in [7, 11) is 0. The van der Waals surface area contributed by atoms with Crippen molar-refractivity contribution in [2.24, 2.45) is 5.92 Å². The highest BCUT2D eigenvalue weighted by Crippen LogP contribution is 2.09. The zero-order chi connectivity index (χ0) is 15.7. The van der Waals surface area contributed by atoms with Crippen LogP contribution < -0.4 is 10.6 Å². The molecule has 21 heavy (non-hydrogen) atoms. The molecule has 0 aliphatic carbocycles. The molecule has 0 heterocycles. The Bertz CT molecular complexity index is 529. The van der Waals surface area contributed by atoms with Crippen molar-refractivity contribution in [2.75, 3.05) is 6.54 Å². The maximum absolute atomic E-state index is 11.9. The van der Waals surface area contributed by atoms with E-state index in [-0.39, 0.29) is 11.5 Å². The van der Waals surface area contributed by atoms with Gasteiger partial charge in [-0.15, -0.1) is 0 Å². The van der Waals surface area contributed by atoms with Crippen molar-refractivity contribution in [3.8, 4) is 6.07 Å². The number of carbonyl (C=O) groups excluding carboxylic acids is 1. The Hall–Kier alpha value is -1.99. The Kier molecular flexibility index (Phi) is 7.34. The van der Waals surface area contributed by atoms with Gasteiger partial charge >= 0.3 is 0 Å². The van der Waals surface area contributed by atoms with E-state index in [2.05, 4.69) is 24.5 Å². The number of nitrogens with zero attached hydrogens (tertiary/aromatic N) is 1. The summed E-state index contributed by atoms with van der Waals surface area (Å²) in [6.07, 6.45) is 2.46. The first-order valence-electron chi connectivity index (χ1n) is 6.89. The van der Waals surface area contributed by atoms with Gasteiger partial charge in [-0.25, -0.2) is 0 Å². The van der Waals surface area contributed by atoms with Gasteiger partial charge in [-0.2, -0.15) is 5.26 Å². The smallest absolute Gasteiger partial charge is 0.263 e. The van der Waals surface area contributed by atoms with Crippen LogP contribution in [0.15, 0.2) is 36.0 Å². The molecule has 0 aliphatic rings. The number of amides is 1. The summed E-state index contributed by atoms with van der Waals surface area (Å²) in [5.74, 6) is 0.194. The van der Waals surface area contributed by atoms with Crippen molar-refractivity contribution in [3.05, 3.63) is 46.6 Å². The molecule has 1 aromatic carbocycles. The van der Waals surface area contributed by atoms with Gasteiger partial charge in [-0.3, -0.25) is 4.79 Å². The monoisotopic (exact) mass is 305 g/mol. The molecule has 0 saturated carbocycles. The molecule has 4 nitrogen and oxygen atoms in total. The van der Waals surface area contributed by atoms with E-state index >= 15 is 0 Å². The Morgan fingerprint density at radius 3 is 2.62 bits per heavy atom. The Balaban J connectivity index is 2.46. The van der Waals surface area contributed by atoms with Crippen LogP contribution in [0.2, 0.25) is 5.02 Å². The van der Waals surface area contributed by atoms with Crippen molar-refractivity contribution < 1.29 is 4.79 Å². The van der Waals surface area contributed by atoms with Gasteiger partial charge in [0.1, 0.15) is 11.6 Å².